The molecule has 1 aliphatic heterocycles. The van der Waals surface area contributed by atoms with Crippen molar-refractivity contribution in [2.24, 2.45) is 5.73 Å². The average molecular weight is 563 g/mol. The van der Waals surface area contributed by atoms with Gasteiger partial charge in [-0.1, -0.05) is 30.3 Å². The quantitative estimate of drug-likeness (QED) is 0.258. The number of anilines is 1. The number of nitrogens with one attached hydrogen (secondary N) is 3. The number of hydrogen-bond donors (Lipinski definition) is 4. The molecule has 0 unspecified atom stereocenters. The zero-order chi connectivity index (χ0) is 29.5. The zero-order valence-corrected chi connectivity index (χ0v) is 23.3. The Balaban J connectivity index is 1.44. The zero-order valence-electron chi connectivity index (χ0n) is 23.3. The standard InChI is InChI=1S/C32H30N6O4/c1-18-20(5-3-6-24(18)36-31(41)25-7-4-8-27(39)34-25)21-11-12-23(30(33)40)29-28(21)22-10-9-19(17-26(22)35-29)32(42)38-15-13-37(2)14-16-38/h3-12,17,35H,13-16H2,1-2H3,(H2,33,40)(H,34,39)(H,36,41). The topological polar surface area (TPSA) is 144 Å². The summed E-state index contributed by atoms with van der Waals surface area (Å²) >= 11 is 0. The van der Waals surface area contributed by atoms with Crippen molar-refractivity contribution in [3.63, 3.8) is 0 Å². The number of aromatic nitrogens is 2. The van der Waals surface area contributed by atoms with Gasteiger partial charge >= 0.3 is 0 Å². The number of amides is 3. The molecule has 5 aromatic rings. The number of nitrogens with two attached hydrogens (primary N) is 1. The molecule has 1 saturated heterocycles. The lowest BCUT2D eigenvalue weighted by atomic mass is 9.93. The maximum absolute atomic E-state index is 13.3. The number of benzene rings is 3. The van der Waals surface area contributed by atoms with Crippen molar-refractivity contribution < 1.29 is 14.4 Å². The number of piperazine rings is 1. The van der Waals surface area contributed by atoms with Gasteiger partial charge in [-0.2, -0.15) is 0 Å². The summed E-state index contributed by atoms with van der Waals surface area (Å²) in [5, 5.41) is 4.52. The van der Waals surface area contributed by atoms with Crippen LogP contribution in [-0.4, -0.2) is 70.7 Å². The minimum atomic E-state index is -0.568. The van der Waals surface area contributed by atoms with Crippen molar-refractivity contribution in [2.45, 2.75) is 6.92 Å². The maximum atomic E-state index is 13.3. The first-order valence-electron chi connectivity index (χ1n) is 13.7. The highest BCUT2D eigenvalue weighted by Gasteiger charge is 2.23. The SMILES string of the molecule is Cc1c(NC(=O)c2cccc(=O)[nH]2)cccc1-c1ccc(C(N)=O)c2[nH]c3cc(C(=O)N4CCN(C)CC4)ccc3c12. The highest BCUT2D eigenvalue weighted by Crippen LogP contribution is 2.39. The predicted octanol–water partition coefficient (Wildman–Crippen LogP) is 3.72. The third-order valence-electron chi connectivity index (χ3n) is 7.94. The summed E-state index contributed by atoms with van der Waals surface area (Å²) in [6.07, 6.45) is 0. The van der Waals surface area contributed by atoms with E-state index < -0.39 is 11.8 Å². The van der Waals surface area contributed by atoms with Crippen LogP contribution in [-0.2, 0) is 0 Å². The number of primary amides is 1. The second kappa shape index (κ2) is 10.6. The second-order valence-corrected chi connectivity index (χ2v) is 10.6. The first-order valence-corrected chi connectivity index (χ1v) is 13.7. The van der Waals surface area contributed by atoms with Crippen molar-refractivity contribution in [1.29, 1.82) is 0 Å². The van der Waals surface area contributed by atoms with Gasteiger partial charge in [0, 0.05) is 59.8 Å². The van der Waals surface area contributed by atoms with Crippen molar-refractivity contribution in [3.05, 3.63) is 99.5 Å². The van der Waals surface area contributed by atoms with E-state index in [9.17, 15) is 19.2 Å². The van der Waals surface area contributed by atoms with Crippen molar-refractivity contribution in [2.75, 3.05) is 38.5 Å². The summed E-state index contributed by atoms with van der Waals surface area (Å²) in [5.74, 6) is -1.04. The van der Waals surface area contributed by atoms with Gasteiger partial charge in [0.2, 0.25) is 5.56 Å². The smallest absolute Gasteiger partial charge is 0.272 e. The van der Waals surface area contributed by atoms with Crippen LogP contribution in [0, 0.1) is 6.92 Å². The molecular weight excluding hydrogens is 532 g/mol. The van der Waals surface area contributed by atoms with E-state index in [-0.39, 0.29) is 17.2 Å². The molecule has 0 radical (unpaired) electrons. The number of nitrogens with zero attached hydrogens (tertiary/aromatic N) is 2. The van der Waals surface area contributed by atoms with Crippen LogP contribution in [0.1, 0.15) is 36.8 Å². The van der Waals surface area contributed by atoms with E-state index in [1.807, 2.05) is 55.3 Å². The Morgan fingerprint density at radius 1 is 0.881 bits per heavy atom. The molecule has 3 aromatic carbocycles. The molecule has 3 heterocycles. The van der Waals surface area contributed by atoms with Gasteiger partial charge in [0.15, 0.2) is 0 Å². The lowest BCUT2D eigenvalue weighted by Gasteiger charge is -2.32. The Hall–Kier alpha value is -5.22. The number of rotatable bonds is 5. The summed E-state index contributed by atoms with van der Waals surface area (Å²) in [7, 11) is 2.04. The summed E-state index contributed by atoms with van der Waals surface area (Å²) in [6.45, 7) is 4.89. The number of pyridine rings is 1. The first kappa shape index (κ1) is 27.0. The Labute approximate surface area is 241 Å². The molecule has 1 aliphatic rings. The van der Waals surface area contributed by atoms with Crippen LogP contribution >= 0.6 is 0 Å². The fourth-order valence-corrected chi connectivity index (χ4v) is 5.60. The van der Waals surface area contributed by atoms with Crippen molar-refractivity contribution in [1.82, 2.24) is 19.8 Å². The van der Waals surface area contributed by atoms with Gasteiger partial charge in [-0.3, -0.25) is 19.2 Å². The summed E-state index contributed by atoms with van der Waals surface area (Å²) in [5.41, 5.74) is 10.8. The number of hydrogen-bond acceptors (Lipinski definition) is 5. The molecule has 10 heteroatoms. The maximum Gasteiger partial charge on any atom is 0.272 e. The molecule has 0 bridgehead atoms. The molecule has 212 valence electrons. The van der Waals surface area contributed by atoms with E-state index in [0.717, 1.165) is 46.1 Å². The van der Waals surface area contributed by atoms with Crippen LogP contribution in [0.25, 0.3) is 32.9 Å². The fourth-order valence-electron chi connectivity index (χ4n) is 5.60. The molecule has 5 N–H and O–H groups in total. The van der Waals surface area contributed by atoms with Gasteiger partial charge in [-0.25, -0.2) is 0 Å². The molecule has 3 amide bonds. The molecule has 0 aliphatic carbocycles. The number of carbonyl (C=O) groups excluding carboxylic acids is 3. The molecule has 6 rings (SSSR count). The highest BCUT2D eigenvalue weighted by atomic mass is 16.2. The van der Waals surface area contributed by atoms with E-state index in [2.05, 4.69) is 20.2 Å². The highest BCUT2D eigenvalue weighted by molar-refractivity contribution is 6.20. The van der Waals surface area contributed by atoms with Crippen LogP contribution in [0.5, 0.6) is 0 Å². The van der Waals surface area contributed by atoms with Gasteiger partial charge in [0.1, 0.15) is 5.69 Å². The fraction of sp³-hybridized carbons (Fsp3) is 0.188. The number of aromatic amines is 2. The van der Waals surface area contributed by atoms with Crippen LogP contribution in [0.3, 0.4) is 0 Å². The van der Waals surface area contributed by atoms with Crippen LogP contribution in [0.15, 0.2) is 71.5 Å². The van der Waals surface area contributed by atoms with Crippen molar-refractivity contribution >= 4 is 45.2 Å². The largest absolute Gasteiger partial charge is 0.366 e. The minimum Gasteiger partial charge on any atom is -0.366 e. The van der Waals surface area contributed by atoms with Crippen LogP contribution < -0.4 is 16.6 Å². The molecule has 0 atom stereocenters. The third-order valence-corrected chi connectivity index (χ3v) is 7.94. The second-order valence-electron chi connectivity index (χ2n) is 10.6. The average Bonchev–Trinajstić information content (AvgIpc) is 3.36. The molecular formula is C32H30N6O4. The Kier molecular flexibility index (Phi) is 6.83. The number of likely N-dealkylation sites (N-methyl/N-ethyl adjacent to an activating group) is 1. The molecule has 0 spiro atoms. The third kappa shape index (κ3) is 4.82. The summed E-state index contributed by atoms with van der Waals surface area (Å²) in [4.78, 5) is 60.2. The number of carbonyl (C=O) groups is 3. The van der Waals surface area contributed by atoms with Gasteiger partial charge < -0.3 is 30.8 Å². The Morgan fingerprint density at radius 3 is 2.38 bits per heavy atom. The molecule has 10 nitrogen and oxygen atoms in total. The lowest BCUT2D eigenvalue weighted by Crippen LogP contribution is -2.47. The van der Waals surface area contributed by atoms with E-state index >= 15 is 0 Å². The van der Waals surface area contributed by atoms with Crippen molar-refractivity contribution in [3.8, 4) is 11.1 Å². The Morgan fingerprint density at radius 2 is 1.64 bits per heavy atom. The summed E-state index contributed by atoms with van der Waals surface area (Å²) in [6, 6.07) is 19.1. The molecule has 0 saturated carbocycles. The normalized spacial score (nSPS) is 13.9. The van der Waals surface area contributed by atoms with E-state index in [1.165, 1.54) is 18.2 Å². The Bertz CT molecular complexity index is 1950. The summed E-state index contributed by atoms with van der Waals surface area (Å²) < 4.78 is 0. The molecule has 1 fully saturated rings. The number of fused-ring (bicyclic) bond motifs is 3. The van der Waals surface area contributed by atoms with Crippen LogP contribution in [0.4, 0.5) is 5.69 Å². The van der Waals surface area contributed by atoms with Gasteiger partial charge in [-0.15, -0.1) is 0 Å². The first-order chi connectivity index (χ1) is 20.2. The van der Waals surface area contributed by atoms with Gasteiger partial charge in [0.25, 0.3) is 17.7 Å². The predicted molar refractivity (Wildman–Crippen MR) is 163 cm³/mol. The van der Waals surface area contributed by atoms with E-state index in [4.69, 9.17) is 5.73 Å². The molecule has 42 heavy (non-hydrogen) atoms. The number of H-pyrrole nitrogens is 2. The monoisotopic (exact) mass is 562 g/mol. The molecule has 2 aromatic heterocycles. The van der Waals surface area contributed by atoms with E-state index in [0.29, 0.717) is 35.4 Å². The van der Waals surface area contributed by atoms with Gasteiger partial charge in [0.05, 0.1) is 11.1 Å². The minimum absolute atomic E-state index is 0.0296. The lowest BCUT2D eigenvalue weighted by molar-refractivity contribution is 0.0664. The van der Waals surface area contributed by atoms with Gasteiger partial charge in [-0.05, 0) is 61.0 Å². The van der Waals surface area contributed by atoms with Crippen LogP contribution in [0.2, 0.25) is 0 Å². The van der Waals surface area contributed by atoms with E-state index in [1.54, 1.807) is 12.1 Å².